The van der Waals surface area contributed by atoms with Gasteiger partial charge in [0, 0.05) is 45.0 Å². The molecule has 4 heteroatoms. The summed E-state index contributed by atoms with van der Waals surface area (Å²) in [5.74, 6) is 1.84. The van der Waals surface area contributed by atoms with Crippen molar-refractivity contribution in [2.24, 2.45) is 0 Å². The van der Waals surface area contributed by atoms with Crippen LogP contribution in [-0.4, -0.2) is 10.6 Å². The molecule has 0 saturated heterocycles. The number of aryl methyl sites for hydroxylation is 1. The molecule has 2 aliphatic rings. The van der Waals surface area contributed by atoms with Gasteiger partial charge in [-0.05, 0) is 119 Å². The lowest BCUT2D eigenvalue weighted by molar-refractivity contribution is 0.441. The molecular weight excluding hydrogens is 721 g/mol. The first kappa shape index (κ1) is 34.7. The van der Waals surface area contributed by atoms with E-state index in [1.807, 2.05) is 12.2 Å². The third-order valence-corrected chi connectivity index (χ3v) is 11.9. The van der Waals surface area contributed by atoms with Crippen molar-refractivity contribution in [2.75, 3.05) is 4.90 Å². The number of nitrogens with zero attached hydrogens (tertiary/aromatic N) is 2. The Labute approximate surface area is 343 Å². The van der Waals surface area contributed by atoms with E-state index in [2.05, 4.69) is 205 Å². The Balaban J connectivity index is 0.879. The van der Waals surface area contributed by atoms with E-state index in [0.717, 1.165) is 66.5 Å². The van der Waals surface area contributed by atoms with Crippen LogP contribution in [0.2, 0.25) is 0 Å². The number of fused-ring (bicyclic) bond motifs is 9. The summed E-state index contributed by atoms with van der Waals surface area (Å²) in [6.07, 6.45) is 16.7. The van der Waals surface area contributed by atoms with E-state index < -0.39 is 0 Å². The lowest BCUT2D eigenvalue weighted by Crippen LogP contribution is -2.28. The zero-order valence-corrected chi connectivity index (χ0v) is 32.6. The maximum atomic E-state index is 6.52. The molecule has 7 aromatic carbocycles. The molecule has 11 rings (SSSR count). The first-order chi connectivity index (χ1) is 29.1. The van der Waals surface area contributed by atoms with E-state index >= 15 is 0 Å². The lowest BCUT2D eigenvalue weighted by Gasteiger charge is -2.28. The Hall–Kier alpha value is -7.56. The fraction of sp³-hybridized carbons (Fsp3) is 0.0545. The zero-order valence-electron chi connectivity index (χ0n) is 32.6. The highest BCUT2D eigenvalue weighted by atomic mass is 16.5. The Kier molecular flexibility index (Phi) is 8.30. The highest BCUT2D eigenvalue weighted by Gasteiger charge is 2.37. The van der Waals surface area contributed by atoms with Crippen LogP contribution in [0.3, 0.4) is 0 Å². The zero-order chi connectivity index (χ0) is 39.5. The SMILES string of the molecule is C=C/C=C(\C=C/n1c2ccccc2c2ccccc21)Oc1ccc(-c2cccc(-c3ccc4oc5ccc(N6c7ccccc7C7C=CC=CC76)cc5c4c3)c2)cc1C. The largest absolute Gasteiger partial charge is 0.457 e. The van der Waals surface area contributed by atoms with E-state index in [4.69, 9.17) is 9.15 Å². The number of hydrogen-bond donors (Lipinski definition) is 0. The molecule has 0 saturated carbocycles. The minimum Gasteiger partial charge on any atom is -0.457 e. The van der Waals surface area contributed by atoms with Gasteiger partial charge in [-0.2, -0.15) is 0 Å². The van der Waals surface area contributed by atoms with Crippen LogP contribution in [0.15, 0.2) is 211 Å². The smallest absolute Gasteiger partial charge is 0.135 e. The van der Waals surface area contributed by atoms with Gasteiger partial charge in [-0.1, -0.05) is 122 Å². The predicted molar refractivity (Wildman–Crippen MR) is 246 cm³/mol. The van der Waals surface area contributed by atoms with Gasteiger partial charge < -0.3 is 18.6 Å². The van der Waals surface area contributed by atoms with Crippen molar-refractivity contribution in [3.63, 3.8) is 0 Å². The second kappa shape index (κ2) is 14.1. The summed E-state index contributed by atoms with van der Waals surface area (Å²) >= 11 is 0. The molecule has 0 bridgehead atoms. The molecule has 0 radical (unpaired) electrons. The molecule has 4 nitrogen and oxygen atoms in total. The monoisotopic (exact) mass is 760 g/mol. The summed E-state index contributed by atoms with van der Waals surface area (Å²) < 4.78 is 15.1. The summed E-state index contributed by atoms with van der Waals surface area (Å²) in [7, 11) is 0. The average molecular weight is 761 g/mol. The summed E-state index contributed by atoms with van der Waals surface area (Å²) in [6.45, 7) is 6.05. The number of benzene rings is 7. The second-order valence-electron chi connectivity index (χ2n) is 15.4. The first-order valence-electron chi connectivity index (χ1n) is 20.2. The third kappa shape index (κ3) is 5.92. The predicted octanol–water partition coefficient (Wildman–Crippen LogP) is 14.7. The van der Waals surface area contributed by atoms with Crippen molar-refractivity contribution < 1.29 is 9.15 Å². The van der Waals surface area contributed by atoms with Crippen molar-refractivity contribution in [2.45, 2.75) is 18.9 Å². The number of ether oxygens (including phenoxy) is 1. The number of aromatic nitrogens is 1. The van der Waals surface area contributed by atoms with E-state index in [1.54, 1.807) is 6.08 Å². The topological polar surface area (TPSA) is 30.5 Å². The molecule has 1 aliphatic heterocycles. The van der Waals surface area contributed by atoms with Crippen molar-refractivity contribution in [3.8, 4) is 28.0 Å². The molecule has 9 aromatic rings. The third-order valence-electron chi connectivity index (χ3n) is 11.9. The fourth-order valence-electron chi connectivity index (χ4n) is 9.13. The van der Waals surface area contributed by atoms with Crippen molar-refractivity contribution in [1.82, 2.24) is 4.57 Å². The van der Waals surface area contributed by atoms with Crippen LogP contribution in [0.25, 0.3) is 72.2 Å². The van der Waals surface area contributed by atoms with Crippen molar-refractivity contribution in [1.29, 1.82) is 0 Å². The normalized spacial score (nSPS) is 16.2. The summed E-state index contributed by atoms with van der Waals surface area (Å²) in [5.41, 5.74) is 13.5. The Bertz CT molecular complexity index is 3210. The first-order valence-corrected chi connectivity index (χ1v) is 20.2. The number of anilines is 2. The molecule has 1 aliphatic carbocycles. The summed E-state index contributed by atoms with van der Waals surface area (Å²) in [5, 5.41) is 4.68. The van der Waals surface area contributed by atoms with Gasteiger partial charge in [-0.15, -0.1) is 0 Å². The molecule has 0 spiro atoms. The van der Waals surface area contributed by atoms with Crippen LogP contribution in [0.4, 0.5) is 11.4 Å². The number of hydrogen-bond acceptors (Lipinski definition) is 3. The molecular formula is C55H40N2O2. The molecule has 2 unspecified atom stereocenters. The second-order valence-corrected chi connectivity index (χ2v) is 15.4. The maximum Gasteiger partial charge on any atom is 0.135 e. The average Bonchev–Trinajstić information content (AvgIpc) is 3.93. The number of furan rings is 1. The van der Waals surface area contributed by atoms with Crippen molar-refractivity contribution >= 4 is 61.3 Å². The summed E-state index contributed by atoms with van der Waals surface area (Å²) in [4.78, 5) is 2.48. The van der Waals surface area contributed by atoms with Gasteiger partial charge in [-0.3, -0.25) is 0 Å². The van der Waals surface area contributed by atoms with Gasteiger partial charge in [0.1, 0.15) is 22.7 Å². The molecule has 2 atom stereocenters. The van der Waals surface area contributed by atoms with Crippen LogP contribution in [0, 0.1) is 6.92 Å². The Morgan fingerprint density at radius 1 is 0.627 bits per heavy atom. The molecule has 0 fully saturated rings. The Morgan fingerprint density at radius 3 is 2.07 bits per heavy atom. The van der Waals surface area contributed by atoms with E-state index in [9.17, 15) is 0 Å². The standard InChI is InChI=1S/C55H40N2O2/c1-3-13-42(30-31-56-49-20-8-4-16-43(49)44-17-5-9-21-50(44)56)58-53-27-24-39(32-36(53)2)37-14-12-15-38(33-37)40-25-28-54-47(34-40)48-35-41(26-29-55(48)59-54)57-51-22-10-6-18-45(51)46-19-7-11-23-52(46)57/h3-35,45,51H,1H2,2H3/b31-30-,42-13+. The van der Waals surface area contributed by atoms with Gasteiger partial charge >= 0.3 is 0 Å². The molecule has 59 heavy (non-hydrogen) atoms. The van der Waals surface area contributed by atoms with Crippen LogP contribution >= 0.6 is 0 Å². The number of para-hydroxylation sites is 3. The molecule has 282 valence electrons. The molecule has 3 heterocycles. The highest BCUT2D eigenvalue weighted by Crippen LogP contribution is 2.48. The van der Waals surface area contributed by atoms with Crippen molar-refractivity contribution in [3.05, 3.63) is 218 Å². The molecule has 0 N–H and O–H groups in total. The minimum atomic E-state index is 0.246. The molecule has 2 aromatic heterocycles. The van der Waals surface area contributed by atoms with Crippen LogP contribution < -0.4 is 9.64 Å². The van der Waals surface area contributed by atoms with Crippen LogP contribution in [-0.2, 0) is 0 Å². The minimum absolute atomic E-state index is 0.246. The van der Waals surface area contributed by atoms with Crippen LogP contribution in [0.1, 0.15) is 17.0 Å². The fourth-order valence-corrected chi connectivity index (χ4v) is 9.13. The Morgan fingerprint density at radius 2 is 1.29 bits per heavy atom. The van der Waals surface area contributed by atoms with Gasteiger partial charge in [0.2, 0.25) is 0 Å². The highest BCUT2D eigenvalue weighted by molar-refractivity contribution is 6.10. The van der Waals surface area contributed by atoms with Gasteiger partial charge in [0.15, 0.2) is 0 Å². The van der Waals surface area contributed by atoms with E-state index in [-0.39, 0.29) is 6.04 Å². The quantitative estimate of drug-likeness (QED) is 0.114. The maximum absolute atomic E-state index is 6.52. The summed E-state index contributed by atoms with van der Waals surface area (Å²) in [6, 6.07) is 54.3. The van der Waals surface area contributed by atoms with Gasteiger partial charge in [0.25, 0.3) is 0 Å². The lowest BCUT2D eigenvalue weighted by atomic mass is 9.91. The number of rotatable bonds is 8. The molecule has 0 amide bonds. The van der Waals surface area contributed by atoms with E-state index in [1.165, 1.54) is 27.7 Å². The number of allylic oxidation sites excluding steroid dienone is 5. The van der Waals surface area contributed by atoms with Gasteiger partial charge in [-0.25, -0.2) is 0 Å². The van der Waals surface area contributed by atoms with Gasteiger partial charge in [0.05, 0.1) is 17.1 Å². The van der Waals surface area contributed by atoms with Crippen LogP contribution in [0.5, 0.6) is 5.75 Å². The van der Waals surface area contributed by atoms with E-state index in [0.29, 0.717) is 11.7 Å².